The van der Waals surface area contributed by atoms with Gasteiger partial charge in [0.05, 0.1) is 12.7 Å². The maximum atomic E-state index is 12.4. The first-order valence-corrected chi connectivity index (χ1v) is 11.3. The van der Waals surface area contributed by atoms with Crippen LogP contribution in [0.1, 0.15) is 60.7 Å². The lowest BCUT2D eigenvalue weighted by molar-refractivity contribution is -0.111. The quantitative estimate of drug-likeness (QED) is 0.518. The van der Waals surface area contributed by atoms with Crippen molar-refractivity contribution in [2.75, 3.05) is 5.32 Å². The molecule has 1 aliphatic carbocycles. The van der Waals surface area contributed by atoms with E-state index in [-0.39, 0.29) is 17.2 Å². The fourth-order valence-corrected chi connectivity index (χ4v) is 3.43. The highest BCUT2D eigenvalue weighted by molar-refractivity contribution is 6.01. The Kier molecular flexibility index (Phi) is 6.45. The number of nitrogens with zero attached hydrogens (tertiary/aromatic N) is 2. The van der Waals surface area contributed by atoms with Crippen molar-refractivity contribution in [1.82, 2.24) is 15.1 Å². The molecule has 0 spiro atoms. The number of carbonyl (C=O) groups is 2. The zero-order valence-corrected chi connectivity index (χ0v) is 19.3. The summed E-state index contributed by atoms with van der Waals surface area (Å²) in [5, 5.41) is 10.2. The van der Waals surface area contributed by atoms with Crippen molar-refractivity contribution in [3.05, 3.63) is 89.1 Å². The van der Waals surface area contributed by atoms with E-state index in [1.54, 1.807) is 35.2 Å². The Labute approximate surface area is 194 Å². The number of anilines is 1. The summed E-state index contributed by atoms with van der Waals surface area (Å²) in [7, 11) is 0. The summed E-state index contributed by atoms with van der Waals surface area (Å²) in [6.45, 7) is 7.14. The van der Waals surface area contributed by atoms with Crippen LogP contribution in [0.5, 0.6) is 0 Å². The van der Waals surface area contributed by atoms with Crippen LogP contribution in [0.3, 0.4) is 0 Å². The fraction of sp³-hybridized carbons (Fsp3) is 0.296. The van der Waals surface area contributed by atoms with Crippen molar-refractivity contribution in [2.24, 2.45) is 0 Å². The summed E-state index contributed by atoms with van der Waals surface area (Å²) in [6.07, 6.45) is 7.00. The van der Waals surface area contributed by atoms with E-state index in [9.17, 15) is 9.59 Å². The van der Waals surface area contributed by atoms with Crippen LogP contribution in [0.2, 0.25) is 0 Å². The molecule has 6 heteroatoms. The van der Waals surface area contributed by atoms with Crippen LogP contribution < -0.4 is 10.6 Å². The first kappa shape index (κ1) is 22.5. The van der Waals surface area contributed by atoms with Gasteiger partial charge in [-0.1, -0.05) is 57.2 Å². The molecule has 33 heavy (non-hydrogen) atoms. The molecule has 1 saturated carbocycles. The molecule has 0 saturated heterocycles. The highest BCUT2D eigenvalue weighted by atomic mass is 16.2. The largest absolute Gasteiger partial charge is 0.349 e. The molecule has 0 radical (unpaired) electrons. The summed E-state index contributed by atoms with van der Waals surface area (Å²) in [5.41, 5.74) is 3.98. The number of hydrogen-bond donors (Lipinski definition) is 2. The van der Waals surface area contributed by atoms with Gasteiger partial charge in [0.15, 0.2) is 0 Å². The number of carbonyl (C=O) groups excluding carboxylic acids is 2. The van der Waals surface area contributed by atoms with Crippen LogP contribution in [-0.4, -0.2) is 27.6 Å². The van der Waals surface area contributed by atoms with Crippen LogP contribution in [0.25, 0.3) is 6.08 Å². The zero-order valence-electron chi connectivity index (χ0n) is 19.3. The molecule has 2 aromatic carbocycles. The minimum atomic E-state index is -0.240. The Hall–Kier alpha value is -3.67. The monoisotopic (exact) mass is 442 g/mol. The summed E-state index contributed by atoms with van der Waals surface area (Å²) in [6, 6.07) is 17.8. The van der Waals surface area contributed by atoms with Gasteiger partial charge in [0, 0.05) is 23.7 Å². The smallest absolute Gasteiger partial charge is 0.251 e. The summed E-state index contributed by atoms with van der Waals surface area (Å²) >= 11 is 0. The number of benzene rings is 2. The number of aromatic nitrogens is 2. The normalized spacial score (nSPS) is 13.8. The average molecular weight is 443 g/mol. The van der Waals surface area contributed by atoms with Gasteiger partial charge in [0.2, 0.25) is 5.91 Å². The summed E-state index contributed by atoms with van der Waals surface area (Å²) in [5.74, 6) is 0.346. The molecule has 1 aliphatic rings. The van der Waals surface area contributed by atoms with Gasteiger partial charge in [-0.15, -0.1) is 0 Å². The molecule has 3 aromatic rings. The standard InChI is InChI=1S/C27H30N4O2/c1-27(2,3)22-11-6-20(7-12-22)18-31-24(16-17-28-31)30-25(32)15-8-19-4-9-21(10-5-19)26(33)29-23-13-14-23/h4-12,15-17,23H,13-14,18H2,1-3H3,(H,29,33)(H,30,32)/b15-8+. The van der Waals surface area contributed by atoms with E-state index in [1.807, 2.05) is 12.1 Å². The van der Waals surface area contributed by atoms with Gasteiger partial charge < -0.3 is 10.6 Å². The Balaban J connectivity index is 1.34. The Bertz CT molecular complexity index is 1150. The third-order valence-electron chi connectivity index (χ3n) is 5.63. The third-order valence-corrected chi connectivity index (χ3v) is 5.63. The second kappa shape index (κ2) is 9.45. The zero-order chi connectivity index (χ0) is 23.4. The molecule has 0 atom stereocenters. The Morgan fingerprint density at radius 2 is 1.73 bits per heavy atom. The number of rotatable bonds is 7. The first-order chi connectivity index (χ1) is 15.8. The van der Waals surface area contributed by atoms with Crippen molar-refractivity contribution in [2.45, 2.75) is 51.6 Å². The first-order valence-electron chi connectivity index (χ1n) is 11.3. The SMILES string of the molecule is CC(C)(C)c1ccc(Cn2nccc2NC(=O)/C=C/c2ccc(C(=O)NC3CC3)cc2)cc1. The molecule has 0 bridgehead atoms. The Morgan fingerprint density at radius 3 is 2.36 bits per heavy atom. The van der Waals surface area contributed by atoms with Crippen LogP contribution in [0.4, 0.5) is 5.82 Å². The molecular weight excluding hydrogens is 412 g/mol. The van der Waals surface area contributed by atoms with E-state index in [4.69, 9.17) is 0 Å². The second-order valence-corrected chi connectivity index (χ2v) is 9.51. The summed E-state index contributed by atoms with van der Waals surface area (Å²) < 4.78 is 1.77. The van der Waals surface area contributed by atoms with Crippen LogP contribution in [0, 0.1) is 0 Å². The molecular formula is C27H30N4O2. The molecule has 4 rings (SSSR count). The van der Waals surface area contributed by atoms with Crippen LogP contribution >= 0.6 is 0 Å². The number of nitrogens with one attached hydrogen (secondary N) is 2. The highest BCUT2D eigenvalue weighted by Gasteiger charge is 2.23. The van der Waals surface area contributed by atoms with E-state index in [1.165, 1.54) is 11.6 Å². The van der Waals surface area contributed by atoms with Gasteiger partial charge >= 0.3 is 0 Å². The lowest BCUT2D eigenvalue weighted by Gasteiger charge is -2.19. The molecule has 2 N–H and O–H groups in total. The van der Waals surface area contributed by atoms with Crippen molar-refractivity contribution in [3.63, 3.8) is 0 Å². The molecule has 1 fully saturated rings. The lowest BCUT2D eigenvalue weighted by atomic mass is 9.87. The van der Waals surface area contributed by atoms with Gasteiger partial charge in [-0.3, -0.25) is 9.59 Å². The fourth-order valence-electron chi connectivity index (χ4n) is 3.43. The van der Waals surface area contributed by atoms with Crippen molar-refractivity contribution >= 4 is 23.7 Å². The van der Waals surface area contributed by atoms with E-state index in [0.717, 1.165) is 24.0 Å². The van der Waals surface area contributed by atoms with E-state index >= 15 is 0 Å². The van der Waals surface area contributed by atoms with Gasteiger partial charge in [0.25, 0.3) is 5.91 Å². The number of amides is 2. The van der Waals surface area contributed by atoms with Crippen LogP contribution in [-0.2, 0) is 16.8 Å². The van der Waals surface area contributed by atoms with Gasteiger partial charge in [-0.05, 0) is 53.2 Å². The topological polar surface area (TPSA) is 76.0 Å². The van der Waals surface area contributed by atoms with E-state index in [2.05, 4.69) is 60.8 Å². The molecule has 170 valence electrons. The summed E-state index contributed by atoms with van der Waals surface area (Å²) in [4.78, 5) is 24.5. The van der Waals surface area contributed by atoms with Gasteiger partial charge in [-0.25, -0.2) is 4.68 Å². The second-order valence-electron chi connectivity index (χ2n) is 9.51. The molecule has 2 amide bonds. The Morgan fingerprint density at radius 1 is 1.03 bits per heavy atom. The lowest BCUT2D eigenvalue weighted by Crippen LogP contribution is -2.25. The molecule has 6 nitrogen and oxygen atoms in total. The van der Waals surface area contributed by atoms with Gasteiger partial charge in [0.1, 0.15) is 5.82 Å². The molecule has 0 unspecified atom stereocenters. The van der Waals surface area contributed by atoms with Gasteiger partial charge in [-0.2, -0.15) is 5.10 Å². The van der Waals surface area contributed by atoms with E-state index < -0.39 is 0 Å². The molecule has 1 heterocycles. The third kappa shape index (κ3) is 6.19. The molecule has 0 aliphatic heterocycles. The maximum absolute atomic E-state index is 12.4. The minimum absolute atomic E-state index is 0.0490. The molecule has 1 aromatic heterocycles. The predicted octanol–water partition coefficient (Wildman–Crippen LogP) is 4.77. The van der Waals surface area contributed by atoms with Crippen molar-refractivity contribution < 1.29 is 9.59 Å². The van der Waals surface area contributed by atoms with E-state index in [0.29, 0.717) is 24.0 Å². The highest BCUT2D eigenvalue weighted by Crippen LogP contribution is 2.23. The van der Waals surface area contributed by atoms with Crippen molar-refractivity contribution in [1.29, 1.82) is 0 Å². The number of hydrogen-bond acceptors (Lipinski definition) is 3. The van der Waals surface area contributed by atoms with Crippen molar-refractivity contribution in [3.8, 4) is 0 Å². The average Bonchev–Trinajstić information content (AvgIpc) is 3.50. The minimum Gasteiger partial charge on any atom is -0.349 e. The van der Waals surface area contributed by atoms with Crippen LogP contribution in [0.15, 0.2) is 66.9 Å². The maximum Gasteiger partial charge on any atom is 0.251 e. The predicted molar refractivity (Wildman–Crippen MR) is 131 cm³/mol.